The van der Waals surface area contributed by atoms with Gasteiger partial charge in [0.1, 0.15) is 18.2 Å². The highest BCUT2D eigenvalue weighted by Crippen LogP contribution is 2.33. The Bertz CT molecular complexity index is 1190. The van der Waals surface area contributed by atoms with Gasteiger partial charge >= 0.3 is 18.1 Å². The molecule has 190 valence electrons. The number of anilines is 1. The second-order valence-electron chi connectivity index (χ2n) is 6.84. The van der Waals surface area contributed by atoms with E-state index < -0.39 is 54.2 Å². The van der Waals surface area contributed by atoms with Crippen molar-refractivity contribution in [3.05, 3.63) is 50.3 Å². The SMILES string of the molecule is COCCOC(=O)c1c(NC(=O)COC(=O)Cn2cc(C(F)(F)F)ccc2=O)sc(C(N)=O)c1C. The topological polar surface area (TPSA) is 156 Å². The Labute approximate surface area is 199 Å². The van der Waals surface area contributed by atoms with E-state index in [4.69, 9.17) is 19.9 Å². The molecular formula is C20H20F3N3O8S. The fourth-order valence-electron chi connectivity index (χ4n) is 2.69. The van der Waals surface area contributed by atoms with Gasteiger partial charge in [-0.1, -0.05) is 0 Å². The quantitative estimate of drug-likeness (QED) is 0.352. The zero-order chi connectivity index (χ0) is 26.3. The van der Waals surface area contributed by atoms with Crippen LogP contribution in [0.4, 0.5) is 18.2 Å². The summed E-state index contributed by atoms with van der Waals surface area (Å²) < 4.78 is 53.4. The van der Waals surface area contributed by atoms with E-state index in [1.54, 1.807) is 0 Å². The van der Waals surface area contributed by atoms with Gasteiger partial charge in [-0.15, -0.1) is 11.3 Å². The van der Waals surface area contributed by atoms with E-state index in [0.29, 0.717) is 34.2 Å². The number of hydrogen-bond acceptors (Lipinski definition) is 9. The molecule has 0 fully saturated rings. The summed E-state index contributed by atoms with van der Waals surface area (Å²) in [6.45, 7) is -0.350. The van der Waals surface area contributed by atoms with Crippen molar-refractivity contribution >= 4 is 40.1 Å². The maximum Gasteiger partial charge on any atom is 0.417 e. The van der Waals surface area contributed by atoms with Gasteiger partial charge in [-0.2, -0.15) is 13.2 Å². The van der Waals surface area contributed by atoms with Crippen molar-refractivity contribution < 1.29 is 46.6 Å². The minimum Gasteiger partial charge on any atom is -0.460 e. The Hall–Kier alpha value is -3.72. The van der Waals surface area contributed by atoms with E-state index in [2.05, 4.69) is 5.32 Å². The van der Waals surface area contributed by atoms with Crippen molar-refractivity contribution in [1.29, 1.82) is 0 Å². The molecule has 0 saturated heterocycles. The molecule has 2 aromatic heterocycles. The standard InChI is InChI=1S/C20H20F3N3O8S/c1-10-15(19(31)33-6-5-32-2)18(35-16(10)17(24)30)25-12(27)9-34-14(29)8-26-7-11(20(21,22)23)3-4-13(26)28/h3-4,7H,5-6,8-9H2,1-2H3,(H2,24,30)(H,25,27). The van der Waals surface area contributed by atoms with E-state index >= 15 is 0 Å². The number of hydrogen-bond donors (Lipinski definition) is 2. The fourth-order valence-corrected chi connectivity index (χ4v) is 3.75. The van der Waals surface area contributed by atoms with Crippen molar-refractivity contribution in [2.45, 2.75) is 19.6 Å². The first-order valence-electron chi connectivity index (χ1n) is 9.67. The molecule has 2 amide bonds. The number of alkyl halides is 3. The van der Waals surface area contributed by atoms with Crippen LogP contribution in [0.1, 0.15) is 31.2 Å². The summed E-state index contributed by atoms with van der Waals surface area (Å²) in [7, 11) is 1.39. The Morgan fingerprint density at radius 1 is 1.14 bits per heavy atom. The van der Waals surface area contributed by atoms with Crippen LogP contribution in [-0.4, -0.2) is 55.3 Å². The van der Waals surface area contributed by atoms with E-state index in [9.17, 15) is 37.1 Å². The molecule has 0 radical (unpaired) electrons. The van der Waals surface area contributed by atoms with Crippen LogP contribution in [0.2, 0.25) is 0 Å². The van der Waals surface area contributed by atoms with Gasteiger partial charge < -0.3 is 29.8 Å². The molecule has 0 atom stereocenters. The Morgan fingerprint density at radius 3 is 2.43 bits per heavy atom. The van der Waals surface area contributed by atoms with Crippen molar-refractivity contribution in [2.24, 2.45) is 5.73 Å². The molecule has 0 bridgehead atoms. The van der Waals surface area contributed by atoms with Crippen LogP contribution in [0.25, 0.3) is 0 Å². The third-order valence-corrected chi connectivity index (χ3v) is 5.54. The molecule has 15 heteroatoms. The molecule has 0 aromatic carbocycles. The third kappa shape index (κ3) is 7.38. The Balaban J connectivity index is 2.08. The van der Waals surface area contributed by atoms with Gasteiger partial charge in [-0.3, -0.25) is 19.2 Å². The zero-order valence-electron chi connectivity index (χ0n) is 18.4. The van der Waals surface area contributed by atoms with Gasteiger partial charge in [0.2, 0.25) is 0 Å². The number of ether oxygens (including phenoxy) is 3. The molecule has 11 nitrogen and oxygen atoms in total. The van der Waals surface area contributed by atoms with Crippen molar-refractivity contribution in [3.8, 4) is 0 Å². The minimum absolute atomic E-state index is 0.0140. The number of primary amides is 1. The molecule has 0 spiro atoms. The third-order valence-electron chi connectivity index (χ3n) is 4.32. The highest BCUT2D eigenvalue weighted by atomic mass is 32.1. The number of methoxy groups -OCH3 is 1. The maximum atomic E-state index is 12.8. The maximum absolute atomic E-state index is 12.8. The first kappa shape index (κ1) is 27.5. The first-order valence-corrected chi connectivity index (χ1v) is 10.5. The lowest BCUT2D eigenvalue weighted by atomic mass is 10.1. The number of carbonyl (C=O) groups excluding carboxylic acids is 4. The summed E-state index contributed by atoms with van der Waals surface area (Å²) >= 11 is 0.702. The molecule has 2 heterocycles. The Morgan fingerprint density at radius 2 is 1.83 bits per heavy atom. The molecule has 2 aromatic rings. The monoisotopic (exact) mass is 519 g/mol. The number of pyridine rings is 1. The minimum atomic E-state index is -4.73. The number of carbonyl (C=O) groups is 4. The van der Waals surface area contributed by atoms with Gasteiger partial charge in [0, 0.05) is 19.4 Å². The molecule has 0 saturated carbocycles. The lowest BCUT2D eigenvalue weighted by Gasteiger charge is -2.11. The highest BCUT2D eigenvalue weighted by Gasteiger charge is 2.31. The van der Waals surface area contributed by atoms with Crippen LogP contribution >= 0.6 is 11.3 Å². The molecule has 35 heavy (non-hydrogen) atoms. The number of esters is 2. The number of nitrogens with one attached hydrogen (secondary N) is 1. The largest absolute Gasteiger partial charge is 0.460 e. The summed E-state index contributed by atoms with van der Waals surface area (Å²) in [6, 6.07) is 1.21. The molecule has 0 aliphatic carbocycles. The van der Waals surface area contributed by atoms with E-state index in [1.807, 2.05) is 0 Å². The van der Waals surface area contributed by atoms with Gasteiger partial charge in [0.05, 0.1) is 22.6 Å². The lowest BCUT2D eigenvalue weighted by molar-refractivity contribution is -0.148. The lowest BCUT2D eigenvalue weighted by Crippen LogP contribution is -2.28. The van der Waals surface area contributed by atoms with Gasteiger partial charge in [-0.05, 0) is 18.6 Å². The average Bonchev–Trinajstić information content (AvgIpc) is 3.09. The van der Waals surface area contributed by atoms with Crippen LogP contribution in [0.3, 0.4) is 0 Å². The van der Waals surface area contributed by atoms with Crippen molar-refractivity contribution in [1.82, 2.24) is 4.57 Å². The summed E-state index contributed by atoms with van der Waals surface area (Å²) in [5.74, 6) is -3.81. The van der Waals surface area contributed by atoms with Gasteiger partial charge in [0.25, 0.3) is 17.4 Å². The summed E-state index contributed by atoms with van der Waals surface area (Å²) in [5, 5.41) is 2.21. The van der Waals surface area contributed by atoms with E-state index in [-0.39, 0.29) is 34.2 Å². The van der Waals surface area contributed by atoms with Gasteiger partial charge in [-0.25, -0.2) is 4.79 Å². The van der Waals surface area contributed by atoms with Crippen LogP contribution < -0.4 is 16.6 Å². The molecule has 2 rings (SSSR count). The molecule has 0 aliphatic rings. The number of nitrogens with two attached hydrogens (primary N) is 1. The predicted octanol–water partition coefficient (Wildman–Crippen LogP) is 1.32. The van der Waals surface area contributed by atoms with E-state index in [0.717, 1.165) is 0 Å². The van der Waals surface area contributed by atoms with Crippen LogP contribution in [-0.2, 0) is 36.5 Å². The number of amides is 2. The van der Waals surface area contributed by atoms with Crippen molar-refractivity contribution in [3.63, 3.8) is 0 Å². The number of halogens is 3. The second-order valence-corrected chi connectivity index (χ2v) is 7.86. The highest BCUT2D eigenvalue weighted by molar-refractivity contribution is 7.18. The summed E-state index contributed by atoms with van der Waals surface area (Å²) in [6.07, 6.45) is -4.28. The fraction of sp³-hybridized carbons (Fsp3) is 0.350. The van der Waals surface area contributed by atoms with Crippen molar-refractivity contribution in [2.75, 3.05) is 32.2 Å². The Kier molecular flexibility index (Phi) is 9.13. The summed E-state index contributed by atoms with van der Waals surface area (Å²) in [4.78, 5) is 60.0. The molecule has 3 N–H and O–H groups in total. The van der Waals surface area contributed by atoms with Crippen LogP contribution in [0.15, 0.2) is 23.1 Å². The number of thiophene rings is 1. The van der Waals surface area contributed by atoms with E-state index in [1.165, 1.54) is 14.0 Å². The van der Waals surface area contributed by atoms with Crippen LogP contribution in [0, 0.1) is 6.92 Å². The zero-order valence-corrected chi connectivity index (χ0v) is 19.2. The molecule has 0 aliphatic heterocycles. The van der Waals surface area contributed by atoms with Crippen LogP contribution in [0.5, 0.6) is 0 Å². The summed E-state index contributed by atoms with van der Waals surface area (Å²) in [5.41, 5.74) is 3.30. The number of nitrogens with zero attached hydrogens (tertiary/aromatic N) is 1. The number of rotatable bonds is 10. The smallest absolute Gasteiger partial charge is 0.417 e. The van der Waals surface area contributed by atoms with Gasteiger partial charge in [0.15, 0.2) is 6.61 Å². The average molecular weight is 519 g/mol. The first-order chi connectivity index (χ1) is 16.3. The second kappa shape index (κ2) is 11.6. The normalized spacial score (nSPS) is 11.1. The molecule has 0 unspecified atom stereocenters. The number of aromatic nitrogens is 1. The molecular weight excluding hydrogens is 499 g/mol. The predicted molar refractivity (Wildman–Crippen MR) is 115 cm³/mol.